The van der Waals surface area contributed by atoms with Crippen LogP contribution in [0.25, 0.3) is 0 Å². The van der Waals surface area contributed by atoms with Gasteiger partial charge in [0.2, 0.25) is 0 Å². The van der Waals surface area contributed by atoms with Gasteiger partial charge in [0.15, 0.2) is 0 Å². The normalized spacial score (nSPS) is 10.6. The Morgan fingerprint density at radius 1 is 0.889 bits per heavy atom. The van der Waals surface area contributed by atoms with Gasteiger partial charge in [-0.15, -0.1) is 0 Å². The maximum atomic E-state index is 10.9. The molecule has 0 heterocycles. The van der Waals surface area contributed by atoms with Crippen LogP contribution in [-0.4, -0.2) is 25.8 Å². The number of hydrogen-bond acceptors (Lipinski definition) is 6. The minimum absolute atomic E-state index is 0.374. The van der Waals surface area contributed by atoms with Crippen molar-refractivity contribution in [1.29, 1.82) is 0 Å². The van der Waals surface area contributed by atoms with E-state index in [-0.39, 0.29) is 0 Å². The fourth-order valence-electron chi connectivity index (χ4n) is 2.13. The van der Waals surface area contributed by atoms with Gasteiger partial charge in [-0.3, -0.25) is 0 Å². The monoisotopic (exact) mass is 368 g/mol. The fourth-order valence-corrected chi connectivity index (χ4v) is 2.13. The van der Waals surface area contributed by atoms with E-state index in [2.05, 4.69) is 16.8 Å². The van der Waals surface area contributed by atoms with Crippen molar-refractivity contribution < 1.29 is 19.0 Å². The summed E-state index contributed by atoms with van der Waals surface area (Å²) in [5.74, 6) is 1.18. The second-order valence-electron chi connectivity index (χ2n) is 5.55. The predicted molar refractivity (Wildman–Crippen MR) is 104 cm³/mol. The van der Waals surface area contributed by atoms with E-state index in [9.17, 15) is 4.79 Å². The van der Waals surface area contributed by atoms with Gasteiger partial charge in [0.1, 0.15) is 11.5 Å². The number of unbranched alkanes of at least 4 members (excludes halogenated alkanes) is 1. The molecule has 6 heteroatoms. The molecule has 0 aromatic heterocycles. The molecule has 142 valence electrons. The number of esters is 1. The van der Waals surface area contributed by atoms with E-state index < -0.39 is 5.97 Å². The second-order valence-corrected chi connectivity index (χ2v) is 5.55. The third-order valence-corrected chi connectivity index (χ3v) is 3.48. The number of nitrogens with zero attached hydrogens (tertiary/aromatic N) is 2. The molecule has 0 saturated carbocycles. The minimum Gasteiger partial charge on any atom is -0.494 e. The highest BCUT2D eigenvalue weighted by molar-refractivity contribution is 5.81. The summed E-state index contributed by atoms with van der Waals surface area (Å²) in [6, 6.07) is 14.9. The number of carbonyl (C=O) groups excluding carboxylic acids is 1. The highest BCUT2D eigenvalue weighted by atomic mass is 16.5. The number of carbonyl (C=O) groups is 1. The standard InChI is InChI=1S/C21H24N2O4/c1-3-21(24)27-16-6-5-15-26-20-13-9-18(10-14-20)23-22-17-7-11-19(12-8-17)25-4-2/h3,7-14H,1,4-6,15-16H2,2H3. The van der Waals surface area contributed by atoms with E-state index in [1.165, 1.54) is 0 Å². The van der Waals surface area contributed by atoms with Crippen LogP contribution in [0.2, 0.25) is 0 Å². The summed E-state index contributed by atoms with van der Waals surface area (Å²) in [6.07, 6.45) is 2.70. The van der Waals surface area contributed by atoms with Crippen LogP contribution >= 0.6 is 0 Å². The molecule has 0 aliphatic rings. The Balaban J connectivity index is 1.72. The average Bonchev–Trinajstić information content (AvgIpc) is 2.71. The van der Waals surface area contributed by atoms with E-state index in [1.807, 2.05) is 55.5 Å². The minimum atomic E-state index is -0.397. The number of ether oxygens (including phenoxy) is 3. The maximum absolute atomic E-state index is 10.9. The molecule has 27 heavy (non-hydrogen) atoms. The summed E-state index contributed by atoms with van der Waals surface area (Å²) in [7, 11) is 0. The van der Waals surface area contributed by atoms with Crippen LogP contribution in [0.15, 0.2) is 71.4 Å². The Labute approximate surface area is 159 Å². The number of hydrogen-bond donors (Lipinski definition) is 0. The van der Waals surface area contributed by atoms with E-state index in [4.69, 9.17) is 14.2 Å². The van der Waals surface area contributed by atoms with Crippen molar-refractivity contribution in [3.8, 4) is 11.5 Å². The Hall–Kier alpha value is -3.15. The van der Waals surface area contributed by atoms with Crippen LogP contribution < -0.4 is 9.47 Å². The molecule has 0 radical (unpaired) electrons. The van der Waals surface area contributed by atoms with Crippen molar-refractivity contribution in [2.75, 3.05) is 19.8 Å². The van der Waals surface area contributed by atoms with Gasteiger partial charge < -0.3 is 14.2 Å². The van der Waals surface area contributed by atoms with E-state index in [0.717, 1.165) is 41.8 Å². The Morgan fingerprint density at radius 3 is 1.93 bits per heavy atom. The smallest absolute Gasteiger partial charge is 0.330 e. The summed E-state index contributed by atoms with van der Waals surface area (Å²) in [4.78, 5) is 10.9. The molecule has 0 aliphatic heterocycles. The zero-order chi connectivity index (χ0) is 19.3. The zero-order valence-corrected chi connectivity index (χ0v) is 15.5. The van der Waals surface area contributed by atoms with Gasteiger partial charge in [-0.2, -0.15) is 10.2 Å². The van der Waals surface area contributed by atoms with E-state index in [1.54, 1.807) is 0 Å². The van der Waals surface area contributed by atoms with Crippen LogP contribution in [0, 0.1) is 0 Å². The molecule has 2 aromatic carbocycles. The highest BCUT2D eigenvalue weighted by Crippen LogP contribution is 2.23. The van der Waals surface area contributed by atoms with Crippen LogP contribution in [0.3, 0.4) is 0 Å². The number of azo groups is 1. The topological polar surface area (TPSA) is 69.5 Å². The molecule has 2 rings (SSSR count). The highest BCUT2D eigenvalue weighted by Gasteiger charge is 1.98. The maximum Gasteiger partial charge on any atom is 0.330 e. The molecular formula is C21H24N2O4. The third-order valence-electron chi connectivity index (χ3n) is 3.48. The predicted octanol–water partition coefficient (Wildman–Crippen LogP) is 5.39. The molecule has 0 aliphatic carbocycles. The molecular weight excluding hydrogens is 344 g/mol. The van der Waals surface area contributed by atoms with E-state index >= 15 is 0 Å². The van der Waals surface area contributed by atoms with Gasteiger partial charge in [0.05, 0.1) is 31.2 Å². The summed E-state index contributed by atoms with van der Waals surface area (Å²) >= 11 is 0. The lowest BCUT2D eigenvalue weighted by Gasteiger charge is -2.06. The number of benzene rings is 2. The molecule has 0 amide bonds. The Morgan fingerprint density at radius 2 is 1.41 bits per heavy atom. The van der Waals surface area contributed by atoms with Gasteiger partial charge in [-0.1, -0.05) is 6.58 Å². The molecule has 0 fully saturated rings. The average molecular weight is 368 g/mol. The molecule has 2 aromatic rings. The Kier molecular flexibility index (Phi) is 8.56. The molecule has 0 saturated heterocycles. The molecule has 0 bridgehead atoms. The van der Waals surface area contributed by atoms with Crippen LogP contribution in [0.1, 0.15) is 19.8 Å². The van der Waals surface area contributed by atoms with Gasteiger partial charge in [0, 0.05) is 6.08 Å². The summed E-state index contributed by atoms with van der Waals surface area (Å²) in [5.41, 5.74) is 1.50. The van der Waals surface area contributed by atoms with Crippen LogP contribution in [-0.2, 0) is 9.53 Å². The quantitative estimate of drug-likeness (QED) is 0.231. The van der Waals surface area contributed by atoms with E-state index in [0.29, 0.717) is 19.8 Å². The fraction of sp³-hybridized carbons (Fsp3) is 0.286. The first-order valence-electron chi connectivity index (χ1n) is 8.88. The molecule has 0 atom stereocenters. The lowest BCUT2D eigenvalue weighted by molar-refractivity contribution is -0.137. The van der Waals surface area contributed by atoms with Crippen molar-refractivity contribution in [3.63, 3.8) is 0 Å². The van der Waals surface area contributed by atoms with Gasteiger partial charge in [0.25, 0.3) is 0 Å². The van der Waals surface area contributed by atoms with Crippen molar-refractivity contribution in [3.05, 3.63) is 61.2 Å². The first-order valence-corrected chi connectivity index (χ1v) is 8.88. The lowest BCUT2D eigenvalue weighted by atomic mass is 10.3. The van der Waals surface area contributed by atoms with Crippen molar-refractivity contribution in [1.82, 2.24) is 0 Å². The lowest BCUT2D eigenvalue weighted by Crippen LogP contribution is -2.04. The molecule has 0 unspecified atom stereocenters. The first-order chi connectivity index (χ1) is 13.2. The van der Waals surface area contributed by atoms with Gasteiger partial charge >= 0.3 is 5.97 Å². The SMILES string of the molecule is C=CC(=O)OCCCCOc1ccc(N=Nc2ccc(OCC)cc2)cc1. The number of rotatable bonds is 11. The van der Waals surface area contributed by atoms with Gasteiger partial charge in [-0.25, -0.2) is 4.79 Å². The molecule has 6 nitrogen and oxygen atoms in total. The second kappa shape index (κ2) is 11.5. The molecule has 0 spiro atoms. The van der Waals surface area contributed by atoms with Crippen molar-refractivity contribution in [2.45, 2.75) is 19.8 Å². The summed E-state index contributed by atoms with van der Waals surface area (Å²) in [6.45, 7) is 6.86. The van der Waals surface area contributed by atoms with Crippen LogP contribution in [0.4, 0.5) is 11.4 Å². The third kappa shape index (κ3) is 7.73. The van der Waals surface area contributed by atoms with Gasteiger partial charge in [-0.05, 0) is 68.3 Å². The molecule has 0 N–H and O–H groups in total. The van der Waals surface area contributed by atoms with Crippen molar-refractivity contribution in [2.24, 2.45) is 10.2 Å². The first kappa shape index (κ1) is 20.2. The summed E-state index contributed by atoms with van der Waals surface area (Å²) in [5, 5.41) is 8.42. The zero-order valence-electron chi connectivity index (χ0n) is 15.5. The largest absolute Gasteiger partial charge is 0.494 e. The Bertz CT molecular complexity index is 740. The summed E-state index contributed by atoms with van der Waals surface area (Å²) < 4.78 is 15.9. The van der Waals surface area contributed by atoms with Crippen molar-refractivity contribution >= 4 is 17.3 Å². The van der Waals surface area contributed by atoms with Crippen LogP contribution in [0.5, 0.6) is 11.5 Å².